The first kappa shape index (κ1) is 17.5. The van der Waals surface area contributed by atoms with Gasteiger partial charge in [-0.25, -0.2) is 0 Å². The number of hydrogen-bond acceptors (Lipinski definition) is 4. The Morgan fingerprint density at radius 3 is 2.74 bits per heavy atom. The molecule has 0 aliphatic heterocycles. The molecule has 0 bridgehead atoms. The lowest BCUT2D eigenvalue weighted by molar-refractivity contribution is 0.0941. The van der Waals surface area contributed by atoms with Crippen molar-refractivity contribution in [2.45, 2.75) is 27.4 Å². The first-order valence-electron chi connectivity index (χ1n) is 7.56. The van der Waals surface area contributed by atoms with E-state index in [2.05, 4.69) is 32.2 Å². The van der Waals surface area contributed by atoms with Crippen LogP contribution in [0.2, 0.25) is 0 Å². The summed E-state index contributed by atoms with van der Waals surface area (Å²) >= 11 is 1.43. The molecular formula is C18H23NO3S. The van der Waals surface area contributed by atoms with Gasteiger partial charge in [-0.3, -0.25) is 4.79 Å². The van der Waals surface area contributed by atoms with E-state index in [1.54, 1.807) is 7.11 Å². The van der Waals surface area contributed by atoms with E-state index < -0.39 is 0 Å². The van der Waals surface area contributed by atoms with Crippen molar-refractivity contribution in [1.82, 2.24) is 5.32 Å². The fraction of sp³-hybridized carbons (Fsp3) is 0.389. The van der Waals surface area contributed by atoms with Crippen LogP contribution in [0.25, 0.3) is 0 Å². The molecule has 0 atom stereocenters. The van der Waals surface area contributed by atoms with E-state index in [-0.39, 0.29) is 5.91 Å². The van der Waals surface area contributed by atoms with Crippen molar-refractivity contribution >= 4 is 17.2 Å². The zero-order valence-corrected chi connectivity index (χ0v) is 14.9. The van der Waals surface area contributed by atoms with E-state index in [0.29, 0.717) is 24.6 Å². The number of carbonyl (C=O) groups is 1. The Bertz CT molecular complexity index is 679. The van der Waals surface area contributed by atoms with Gasteiger partial charge in [0.15, 0.2) is 0 Å². The Morgan fingerprint density at radius 2 is 2.00 bits per heavy atom. The molecule has 2 rings (SSSR count). The van der Waals surface area contributed by atoms with Crippen LogP contribution in [0.3, 0.4) is 0 Å². The predicted octanol–water partition coefficient (Wildman–Crippen LogP) is 3.63. The van der Waals surface area contributed by atoms with Crippen LogP contribution in [0.1, 0.15) is 31.9 Å². The minimum Gasteiger partial charge on any atom is -0.489 e. The number of rotatable bonds is 7. The molecule has 0 saturated carbocycles. The smallest absolute Gasteiger partial charge is 0.261 e. The second-order valence-electron chi connectivity index (χ2n) is 5.56. The molecule has 2 aromatic rings. The lowest BCUT2D eigenvalue weighted by atomic mass is 10.1. The molecule has 1 N–H and O–H groups in total. The molecule has 0 spiro atoms. The van der Waals surface area contributed by atoms with Gasteiger partial charge in [0.05, 0.1) is 11.5 Å². The fourth-order valence-corrected chi connectivity index (χ4v) is 3.05. The lowest BCUT2D eigenvalue weighted by Crippen LogP contribution is -2.26. The van der Waals surface area contributed by atoms with Crippen molar-refractivity contribution < 1.29 is 14.3 Å². The molecule has 23 heavy (non-hydrogen) atoms. The Hall–Kier alpha value is -1.85. The summed E-state index contributed by atoms with van der Waals surface area (Å²) < 4.78 is 10.9. The molecule has 0 saturated heterocycles. The van der Waals surface area contributed by atoms with Crippen LogP contribution in [-0.4, -0.2) is 26.2 Å². The molecule has 5 heteroatoms. The van der Waals surface area contributed by atoms with E-state index in [0.717, 1.165) is 16.9 Å². The SMILES string of the molecule is COCCNC(=O)c1cc(COc2cc(C)cc(C)c2C)cs1. The number of methoxy groups -OCH3 is 1. The highest BCUT2D eigenvalue weighted by atomic mass is 32.1. The highest BCUT2D eigenvalue weighted by molar-refractivity contribution is 7.12. The van der Waals surface area contributed by atoms with Crippen LogP contribution in [0, 0.1) is 20.8 Å². The Balaban J connectivity index is 1.96. The number of carbonyl (C=O) groups excluding carboxylic acids is 1. The highest BCUT2D eigenvalue weighted by Crippen LogP contribution is 2.25. The summed E-state index contributed by atoms with van der Waals surface area (Å²) in [5.74, 6) is 0.834. The molecule has 1 aromatic carbocycles. The van der Waals surface area contributed by atoms with Gasteiger partial charge in [-0.05, 0) is 55.0 Å². The van der Waals surface area contributed by atoms with Gasteiger partial charge < -0.3 is 14.8 Å². The molecule has 1 heterocycles. The first-order valence-corrected chi connectivity index (χ1v) is 8.44. The molecule has 1 amide bonds. The van der Waals surface area contributed by atoms with E-state index in [1.165, 1.54) is 22.5 Å². The summed E-state index contributed by atoms with van der Waals surface area (Å²) in [6, 6.07) is 6.08. The fourth-order valence-electron chi connectivity index (χ4n) is 2.24. The summed E-state index contributed by atoms with van der Waals surface area (Å²) in [5, 5.41) is 4.78. The minimum atomic E-state index is -0.0686. The van der Waals surface area contributed by atoms with Gasteiger partial charge in [-0.2, -0.15) is 0 Å². The highest BCUT2D eigenvalue weighted by Gasteiger charge is 2.10. The first-order chi connectivity index (χ1) is 11.0. The summed E-state index contributed by atoms with van der Waals surface area (Å²) in [6.45, 7) is 7.70. The third kappa shape index (κ3) is 4.81. The standard InChI is InChI=1S/C18H23NO3S/c1-12-7-13(2)14(3)16(8-12)22-10-15-9-17(23-11-15)18(20)19-5-6-21-4/h7-9,11H,5-6,10H2,1-4H3,(H,19,20). The molecule has 0 unspecified atom stereocenters. The van der Waals surface area contributed by atoms with Crippen molar-refractivity contribution in [1.29, 1.82) is 0 Å². The second kappa shape index (κ2) is 8.13. The molecule has 4 nitrogen and oxygen atoms in total. The van der Waals surface area contributed by atoms with Gasteiger partial charge in [0.25, 0.3) is 5.91 Å². The third-order valence-corrected chi connectivity index (χ3v) is 4.61. The number of thiophene rings is 1. The average molecular weight is 333 g/mol. The van der Waals surface area contributed by atoms with Crippen molar-refractivity contribution in [2.24, 2.45) is 0 Å². The predicted molar refractivity (Wildman–Crippen MR) is 93.5 cm³/mol. The number of hydrogen-bond donors (Lipinski definition) is 1. The Labute approximate surface area is 141 Å². The van der Waals surface area contributed by atoms with Crippen LogP contribution in [0.15, 0.2) is 23.6 Å². The minimum absolute atomic E-state index is 0.0686. The number of amides is 1. The van der Waals surface area contributed by atoms with E-state index in [9.17, 15) is 4.79 Å². The zero-order chi connectivity index (χ0) is 16.8. The lowest BCUT2D eigenvalue weighted by Gasteiger charge is -2.11. The average Bonchev–Trinajstić information content (AvgIpc) is 2.98. The summed E-state index contributed by atoms with van der Waals surface area (Å²) in [7, 11) is 1.61. The molecule has 0 aliphatic rings. The molecule has 0 radical (unpaired) electrons. The molecular weight excluding hydrogens is 310 g/mol. The number of aryl methyl sites for hydroxylation is 2. The van der Waals surface area contributed by atoms with Crippen LogP contribution >= 0.6 is 11.3 Å². The van der Waals surface area contributed by atoms with Crippen molar-refractivity contribution in [2.75, 3.05) is 20.3 Å². The van der Waals surface area contributed by atoms with Gasteiger partial charge >= 0.3 is 0 Å². The number of ether oxygens (including phenoxy) is 2. The second-order valence-corrected chi connectivity index (χ2v) is 6.47. The Kier molecular flexibility index (Phi) is 6.19. The van der Waals surface area contributed by atoms with E-state index in [4.69, 9.17) is 9.47 Å². The Morgan fingerprint density at radius 1 is 1.22 bits per heavy atom. The molecule has 0 fully saturated rings. The van der Waals surface area contributed by atoms with Gasteiger partial charge in [-0.1, -0.05) is 6.07 Å². The zero-order valence-electron chi connectivity index (χ0n) is 14.1. The largest absolute Gasteiger partial charge is 0.489 e. The third-order valence-electron chi connectivity index (χ3n) is 3.63. The van der Waals surface area contributed by atoms with Gasteiger partial charge in [0, 0.05) is 19.2 Å². The summed E-state index contributed by atoms with van der Waals surface area (Å²) in [5.41, 5.74) is 4.57. The summed E-state index contributed by atoms with van der Waals surface area (Å²) in [6.07, 6.45) is 0. The van der Waals surface area contributed by atoms with Crippen LogP contribution in [-0.2, 0) is 11.3 Å². The van der Waals surface area contributed by atoms with Crippen molar-refractivity contribution in [3.8, 4) is 5.75 Å². The van der Waals surface area contributed by atoms with Crippen LogP contribution < -0.4 is 10.1 Å². The van der Waals surface area contributed by atoms with Crippen LogP contribution in [0.5, 0.6) is 5.75 Å². The van der Waals surface area contributed by atoms with Crippen molar-refractivity contribution in [3.05, 3.63) is 50.7 Å². The maximum Gasteiger partial charge on any atom is 0.261 e. The van der Waals surface area contributed by atoms with Crippen molar-refractivity contribution in [3.63, 3.8) is 0 Å². The monoisotopic (exact) mass is 333 g/mol. The molecule has 0 aliphatic carbocycles. The van der Waals surface area contributed by atoms with E-state index >= 15 is 0 Å². The van der Waals surface area contributed by atoms with Crippen LogP contribution in [0.4, 0.5) is 0 Å². The maximum atomic E-state index is 12.0. The molecule has 124 valence electrons. The van der Waals surface area contributed by atoms with E-state index in [1.807, 2.05) is 17.5 Å². The normalized spacial score (nSPS) is 10.6. The molecule has 1 aromatic heterocycles. The maximum absolute atomic E-state index is 12.0. The quantitative estimate of drug-likeness (QED) is 0.787. The number of nitrogens with one attached hydrogen (secondary N) is 1. The van der Waals surface area contributed by atoms with Gasteiger partial charge in [-0.15, -0.1) is 11.3 Å². The number of benzene rings is 1. The summed E-state index contributed by atoms with van der Waals surface area (Å²) in [4.78, 5) is 12.6. The topological polar surface area (TPSA) is 47.6 Å². The van der Waals surface area contributed by atoms with Gasteiger partial charge in [0.1, 0.15) is 12.4 Å². The van der Waals surface area contributed by atoms with Gasteiger partial charge in [0.2, 0.25) is 0 Å².